The molecular formula is C15H15ClN4. The summed E-state index contributed by atoms with van der Waals surface area (Å²) >= 11 is 6.18. The highest BCUT2D eigenvalue weighted by molar-refractivity contribution is 6.30. The molecule has 0 fully saturated rings. The van der Waals surface area contributed by atoms with Crippen molar-refractivity contribution in [2.24, 2.45) is 0 Å². The van der Waals surface area contributed by atoms with E-state index in [1.165, 1.54) is 11.1 Å². The number of hydrogen-bond donors (Lipinski definition) is 0. The topological polar surface area (TPSA) is 43.1 Å². The maximum absolute atomic E-state index is 6.18. The minimum Gasteiger partial charge on any atom is -0.191 e. The molecule has 4 nitrogen and oxygen atoms in total. The number of rotatable bonds is 1. The van der Waals surface area contributed by atoms with Crippen molar-refractivity contribution in [1.82, 2.24) is 19.8 Å². The summed E-state index contributed by atoms with van der Waals surface area (Å²) in [5.41, 5.74) is 6.16. The van der Waals surface area contributed by atoms with E-state index in [-0.39, 0.29) is 0 Å². The third-order valence-electron chi connectivity index (χ3n) is 3.80. The van der Waals surface area contributed by atoms with E-state index in [2.05, 4.69) is 41.3 Å². The fourth-order valence-electron chi connectivity index (χ4n) is 2.15. The first-order chi connectivity index (χ1) is 9.49. The number of nitrogens with zero attached hydrogens (tertiary/aromatic N) is 4. The van der Waals surface area contributed by atoms with Gasteiger partial charge in [0.1, 0.15) is 0 Å². The summed E-state index contributed by atoms with van der Waals surface area (Å²) in [6.45, 7) is 8.09. The van der Waals surface area contributed by atoms with Crippen LogP contribution in [0.2, 0.25) is 5.15 Å². The smallest absolute Gasteiger partial charge is 0.185 e. The van der Waals surface area contributed by atoms with Crippen LogP contribution < -0.4 is 0 Å². The molecule has 0 aliphatic carbocycles. The zero-order chi connectivity index (χ0) is 14.4. The van der Waals surface area contributed by atoms with Gasteiger partial charge in [-0.25, -0.2) is 0 Å². The third kappa shape index (κ3) is 1.88. The molecule has 2 heterocycles. The highest BCUT2D eigenvalue weighted by Gasteiger charge is 2.15. The lowest BCUT2D eigenvalue weighted by Gasteiger charge is -2.06. The average molecular weight is 287 g/mol. The van der Waals surface area contributed by atoms with Crippen LogP contribution in [0, 0.1) is 27.7 Å². The van der Waals surface area contributed by atoms with Crippen molar-refractivity contribution in [3.8, 4) is 11.4 Å². The quantitative estimate of drug-likeness (QED) is 0.685. The summed E-state index contributed by atoms with van der Waals surface area (Å²) < 4.78 is 1.72. The second-order valence-corrected chi connectivity index (χ2v) is 5.46. The standard InChI is InChI=1S/C15H15ClN4/c1-8-5-6-12(7-9(8)2)15-18-17-14-11(4)10(3)13(16)19-20(14)15/h5-7H,1-4H3. The predicted molar refractivity (Wildman–Crippen MR) is 80.2 cm³/mol. The molecule has 0 radical (unpaired) electrons. The number of aromatic nitrogens is 4. The van der Waals surface area contributed by atoms with Crippen LogP contribution in [-0.4, -0.2) is 19.8 Å². The van der Waals surface area contributed by atoms with Crippen LogP contribution in [0.25, 0.3) is 17.0 Å². The highest BCUT2D eigenvalue weighted by atomic mass is 35.5. The Morgan fingerprint density at radius 3 is 2.40 bits per heavy atom. The first-order valence-corrected chi connectivity index (χ1v) is 6.82. The van der Waals surface area contributed by atoms with Gasteiger partial charge in [-0.05, 0) is 50.5 Å². The molecule has 102 valence electrons. The van der Waals surface area contributed by atoms with E-state index in [4.69, 9.17) is 11.6 Å². The molecule has 3 aromatic rings. The molecule has 20 heavy (non-hydrogen) atoms. The average Bonchev–Trinajstić information content (AvgIpc) is 2.83. The van der Waals surface area contributed by atoms with Crippen molar-refractivity contribution in [2.45, 2.75) is 27.7 Å². The Morgan fingerprint density at radius 1 is 0.950 bits per heavy atom. The van der Waals surface area contributed by atoms with Gasteiger partial charge in [0, 0.05) is 11.1 Å². The Balaban J connectivity index is 2.29. The molecule has 0 aliphatic heterocycles. The first-order valence-electron chi connectivity index (χ1n) is 6.45. The summed E-state index contributed by atoms with van der Waals surface area (Å²) in [5, 5.41) is 13.4. The van der Waals surface area contributed by atoms with Crippen molar-refractivity contribution in [3.63, 3.8) is 0 Å². The zero-order valence-corrected chi connectivity index (χ0v) is 12.7. The van der Waals surface area contributed by atoms with Crippen LogP contribution in [0.3, 0.4) is 0 Å². The summed E-state index contributed by atoms with van der Waals surface area (Å²) in [6, 6.07) is 6.20. The van der Waals surface area contributed by atoms with Crippen LogP contribution in [0.1, 0.15) is 22.3 Å². The molecule has 0 bridgehead atoms. The van der Waals surface area contributed by atoms with Gasteiger partial charge in [-0.15, -0.1) is 10.2 Å². The van der Waals surface area contributed by atoms with Gasteiger partial charge in [-0.2, -0.15) is 9.61 Å². The Labute approximate surface area is 122 Å². The monoisotopic (exact) mass is 286 g/mol. The number of halogens is 1. The molecule has 1 aromatic carbocycles. The molecule has 5 heteroatoms. The van der Waals surface area contributed by atoms with E-state index in [0.29, 0.717) is 11.0 Å². The normalized spacial score (nSPS) is 11.2. The maximum atomic E-state index is 6.18. The molecule has 0 spiro atoms. The van der Waals surface area contributed by atoms with E-state index in [9.17, 15) is 0 Å². The zero-order valence-electron chi connectivity index (χ0n) is 11.9. The lowest BCUT2D eigenvalue weighted by molar-refractivity contribution is 0.919. The van der Waals surface area contributed by atoms with Gasteiger partial charge in [-0.1, -0.05) is 23.7 Å². The van der Waals surface area contributed by atoms with E-state index in [1.54, 1.807) is 4.52 Å². The van der Waals surface area contributed by atoms with E-state index in [1.807, 2.05) is 19.9 Å². The lowest BCUT2D eigenvalue weighted by atomic mass is 10.1. The van der Waals surface area contributed by atoms with Gasteiger partial charge in [0.05, 0.1) is 0 Å². The maximum Gasteiger partial charge on any atom is 0.185 e. The Morgan fingerprint density at radius 2 is 1.70 bits per heavy atom. The number of aryl methyl sites for hydroxylation is 3. The molecule has 0 saturated carbocycles. The fourth-order valence-corrected chi connectivity index (χ4v) is 2.37. The summed E-state index contributed by atoms with van der Waals surface area (Å²) in [7, 11) is 0. The van der Waals surface area contributed by atoms with E-state index in [0.717, 1.165) is 22.3 Å². The molecule has 0 saturated heterocycles. The van der Waals surface area contributed by atoms with Crippen LogP contribution >= 0.6 is 11.6 Å². The fraction of sp³-hybridized carbons (Fsp3) is 0.267. The molecule has 0 unspecified atom stereocenters. The van der Waals surface area contributed by atoms with Crippen molar-refractivity contribution >= 4 is 17.2 Å². The van der Waals surface area contributed by atoms with Crippen LogP contribution in [0.5, 0.6) is 0 Å². The predicted octanol–water partition coefficient (Wildman–Crippen LogP) is 3.68. The van der Waals surface area contributed by atoms with Crippen LogP contribution in [0.4, 0.5) is 0 Å². The van der Waals surface area contributed by atoms with E-state index >= 15 is 0 Å². The number of fused-ring (bicyclic) bond motifs is 1. The Kier molecular flexibility index (Phi) is 2.98. The lowest BCUT2D eigenvalue weighted by Crippen LogP contribution is -2.00. The second kappa shape index (κ2) is 4.56. The van der Waals surface area contributed by atoms with Gasteiger partial charge >= 0.3 is 0 Å². The van der Waals surface area contributed by atoms with Crippen molar-refractivity contribution in [1.29, 1.82) is 0 Å². The van der Waals surface area contributed by atoms with Crippen LogP contribution in [-0.2, 0) is 0 Å². The largest absolute Gasteiger partial charge is 0.191 e. The van der Waals surface area contributed by atoms with E-state index < -0.39 is 0 Å². The van der Waals surface area contributed by atoms with Gasteiger partial charge in [0.15, 0.2) is 16.6 Å². The minimum atomic E-state index is 0.486. The third-order valence-corrected chi connectivity index (χ3v) is 4.16. The summed E-state index contributed by atoms with van der Waals surface area (Å²) in [5.74, 6) is 0.716. The molecule has 3 rings (SSSR count). The molecule has 0 aliphatic rings. The SMILES string of the molecule is Cc1ccc(-c2nnc3c(C)c(C)c(Cl)nn23)cc1C. The molecule has 0 amide bonds. The van der Waals surface area contributed by atoms with Crippen LogP contribution in [0.15, 0.2) is 18.2 Å². The summed E-state index contributed by atoms with van der Waals surface area (Å²) in [4.78, 5) is 0. The van der Waals surface area contributed by atoms with Gasteiger partial charge in [0.25, 0.3) is 0 Å². The van der Waals surface area contributed by atoms with Gasteiger partial charge in [0.2, 0.25) is 0 Å². The molecule has 2 aromatic heterocycles. The van der Waals surface area contributed by atoms with Crippen molar-refractivity contribution in [3.05, 3.63) is 45.6 Å². The Bertz CT molecular complexity index is 820. The first kappa shape index (κ1) is 13.1. The molecule has 0 atom stereocenters. The molecular weight excluding hydrogens is 272 g/mol. The second-order valence-electron chi connectivity index (χ2n) is 5.10. The minimum absolute atomic E-state index is 0.486. The van der Waals surface area contributed by atoms with Crippen molar-refractivity contribution in [2.75, 3.05) is 0 Å². The van der Waals surface area contributed by atoms with Gasteiger partial charge in [-0.3, -0.25) is 0 Å². The molecule has 0 N–H and O–H groups in total. The number of benzene rings is 1. The van der Waals surface area contributed by atoms with Gasteiger partial charge < -0.3 is 0 Å². The van der Waals surface area contributed by atoms with Crippen molar-refractivity contribution < 1.29 is 0 Å². The summed E-state index contributed by atoms with van der Waals surface area (Å²) in [6.07, 6.45) is 0. The highest BCUT2D eigenvalue weighted by Crippen LogP contribution is 2.25. The number of hydrogen-bond acceptors (Lipinski definition) is 3. The Hall–Kier alpha value is -1.94.